The molecule has 0 bridgehead atoms. The number of piperazine rings is 1. The molecule has 0 amide bonds. The van der Waals surface area contributed by atoms with Crippen molar-refractivity contribution < 1.29 is 8.42 Å². The summed E-state index contributed by atoms with van der Waals surface area (Å²) in [7, 11) is -2.32. The van der Waals surface area contributed by atoms with E-state index in [9.17, 15) is 8.42 Å². The minimum absolute atomic E-state index is 0.150. The number of nitrogens with zero attached hydrogens (tertiary/aromatic N) is 3. The largest absolute Gasteiger partial charge is 0.354 e. The van der Waals surface area contributed by atoms with E-state index in [1.807, 2.05) is 17.0 Å². The first-order valence-corrected chi connectivity index (χ1v) is 7.10. The normalized spacial score (nSPS) is 17.6. The molecule has 0 saturated carbocycles. The van der Waals surface area contributed by atoms with Crippen molar-refractivity contribution in [2.45, 2.75) is 0 Å². The van der Waals surface area contributed by atoms with Crippen LogP contribution < -0.4 is 4.90 Å². The van der Waals surface area contributed by atoms with Crippen molar-refractivity contribution in [3.05, 3.63) is 23.4 Å². The smallest absolute Gasteiger partial charge is 0.153 e. The summed E-state index contributed by atoms with van der Waals surface area (Å²) in [6.45, 7) is 3.07. The zero-order valence-electron chi connectivity index (χ0n) is 9.25. The van der Waals surface area contributed by atoms with Gasteiger partial charge in [0.25, 0.3) is 0 Å². The molecule has 0 atom stereocenters. The number of rotatable bonds is 3. The predicted molar refractivity (Wildman–Crippen MR) is 68.2 cm³/mol. The van der Waals surface area contributed by atoms with Crippen LogP contribution in [0.5, 0.6) is 0 Å². The van der Waals surface area contributed by atoms with Gasteiger partial charge in [0.2, 0.25) is 0 Å². The van der Waals surface area contributed by atoms with Gasteiger partial charge in [-0.05, 0) is 12.1 Å². The molecule has 94 valence electrons. The summed E-state index contributed by atoms with van der Waals surface area (Å²) < 4.78 is 21.2. The molecule has 0 radical (unpaired) electrons. The molecule has 0 aromatic carbocycles. The Bertz CT molecular complexity index is 433. The van der Waals surface area contributed by atoms with Crippen molar-refractivity contribution in [3.63, 3.8) is 0 Å². The van der Waals surface area contributed by atoms with Crippen molar-refractivity contribution in [3.8, 4) is 0 Å². The Labute approximate surface area is 107 Å². The first kappa shape index (κ1) is 12.6. The Balaban J connectivity index is 1.92. The van der Waals surface area contributed by atoms with Crippen molar-refractivity contribution in [2.24, 2.45) is 0 Å². The number of thiol groups is 1. The molecule has 1 fully saturated rings. The molecule has 7 heteroatoms. The Morgan fingerprint density at radius 1 is 1.24 bits per heavy atom. The molecule has 0 N–H and O–H groups in total. The summed E-state index contributed by atoms with van der Waals surface area (Å²) in [4.78, 5) is 8.30. The molecule has 1 aliphatic heterocycles. The van der Waals surface area contributed by atoms with Gasteiger partial charge >= 0.3 is 0 Å². The van der Waals surface area contributed by atoms with Gasteiger partial charge in [0.15, 0.2) is 10.7 Å². The Kier molecular flexibility index (Phi) is 4.20. The fourth-order valence-electron chi connectivity index (χ4n) is 1.84. The second kappa shape index (κ2) is 5.66. The van der Waals surface area contributed by atoms with Crippen LogP contribution in [0.15, 0.2) is 18.3 Å². The molecule has 2 heterocycles. The summed E-state index contributed by atoms with van der Waals surface area (Å²) in [5.74, 6) is 1.04. The molecular formula is C10H14ClN3O2S. The van der Waals surface area contributed by atoms with Gasteiger partial charge in [0.1, 0.15) is 5.82 Å². The second-order valence-electron chi connectivity index (χ2n) is 3.91. The molecular weight excluding hydrogens is 262 g/mol. The lowest BCUT2D eigenvalue weighted by molar-refractivity contribution is 0.295. The van der Waals surface area contributed by atoms with E-state index in [4.69, 9.17) is 11.6 Å². The quantitative estimate of drug-likeness (QED) is 0.811. The molecule has 1 aromatic rings. The van der Waals surface area contributed by atoms with Crippen molar-refractivity contribution >= 4 is 28.1 Å². The summed E-state index contributed by atoms with van der Waals surface area (Å²) >= 11 is 5.77. The average Bonchev–Trinajstić information content (AvgIpc) is 2.30. The van der Waals surface area contributed by atoms with Crippen LogP contribution in [0, 0.1) is 0 Å². The highest BCUT2D eigenvalue weighted by Gasteiger charge is 2.17. The predicted octanol–water partition coefficient (Wildman–Crippen LogP) is 0.426. The number of anilines is 1. The van der Waals surface area contributed by atoms with Crippen molar-refractivity contribution in [1.82, 2.24) is 9.88 Å². The van der Waals surface area contributed by atoms with E-state index in [0.29, 0.717) is 5.02 Å². The number of halogens is 1. The third-order valence-corrected chi connectivity index (χ3v) is 3.58. The topological polar surface area (TPSA) is 53.5 Å². The third-order valence-electron chi connectivity index (χ3n) is 2.72. The van der Waals surface area contributed by atoms with Crippen LogP contribution in [0.25, 0.3) is 0 Å². The molecule has 1 saturated heterocycles. The van der Waals surface area contributed by atoms with Crippen molar-refractivity contribution in [2.75, 3.05) is 37.0 Å². The first-order chi connectivity index (χ1) is 8.15. The van der Waals surface area contributed by atoms with Crippen LogP contribution in [0.4, 0.5) is 5.82 Å². The van der Waals surface area contributed by atoms with Gasteiger partial charge < -0.3 is 4.90 Å². The summed E-state index contributed by atoms with van der Waals surface area (Å²) in [6.07, 6.45) is 1.62. The highest BCUT2D eigenvalue weighted by Crippen LogP contribution is 2.15. The Morgan fingerprint density at radius 2 is 1.94 bits per heavy atom. The van der Waals surface area contributed by atoms with Gasteiger partial charge in [-0.25, -0.2) is 13.4 Å². The fraction of sp³-hybridized carbons (Fsp3) is 0.500. The van der Waals surface area contributed by atoms with E-state index in [1.54, 1.807) is 6.20 Å². The van der Waals surface area contributed by atoms with Gasteiger partial charge in [-0.15, -0.1) is 0 Å². The summed E-state index contributed by atoms with van der Waals surface area (Å²) in [5, 5.41) is 0.621. The minimum atomic E-state index is -2.32. The number of aromatic nitrogens is 1. The lowest BCUT2D eigenvalue weighted by Gasteiger charge is -2.34. The first-order valence-electron chi connectivity index (χ1n) is 5.36. The molecule has 1 aromatic heterocycles. The molecule has 0 aliphatic carbocycles. The summed E-state index contributed by atoms with van der Waals surface area (Å²) in [6, 6.07) is 3.69. The van der Waals surface area contributed by atoms with Crippen LogP contribution >= 0.6 is 11.6 Å². The van der Waals surface area contributed by atoms with Gasteiger partial charge in [0, 0.05) is 32.4 Å². The fourth-order valence-corrected chi connectivity index (χ4v) is 2.56. The number of pyridine rings is 1. The average molecular weight is 276 g/mol. The van der Waals surface area contributed by atoms with E-state index in [2.05, 4.69) is 9.88 Å². The molecule has 5 nitrogen and oxygen atoms in total. The molecule has 0 unspecified atom stereocenters. The van der Waals surface area contributed by atoms with Gasteiger partial charge in [-0.1, -0.05) is 11.6 Å². The zero-order valence-corrected chi connectivity index (χ0v) is 10.9. The van der Waals surface area contributed by atoms with Crippen LogP contribution in [0.1, 0.15) is 0 Å². The van der Waals surface area contributed by atoms with E-state index in [0.717, 1.165) is 32.0 Å². The highest BCUT2D eigenvalue weighted by atomic mass is 35.5. The zero-order chi connectivity index (χ0) is 12.3. The van der Waals surface area contributed by atoms with E-state index in [1.165, 1.54) is 0 Å². The maximum absolute atomic E-state index is 10.6. The van der Waals surface area contributed by atoms with Crippen LogP contribution in [-0.2, 0) is 10.7 Å². The van der Waals surface area contributed by atoms with Gasteiger partial charge in [0.05, 0.1) is 10.9 Å². The third kappa shape index (κ3) is 3.55. The molecule has 0 spiro atoms. The van der Waals surface area contributed by atoms with E-state index in [-0.39, 0.29) is 5.88 Å². The van der Waals surface area contributed by atoms with Gasteiger partial charge in [-0.3, -0.25) is 4.90 Å². The van der Waals surface area contributed by atoms with Crippen LogP contribution in [0.3, 0.4) is 0 Å². The second-order valence-corrected chi connectivity index (χ2v) is 5.30. The Morgan fingerprint density at radius 3 is 2.47 bits per heavy atom. The number of hydrogen-bond donors (Lipinski definition) is 1. The van der Waals surface area contributed by atoms with E-state index >= 15 is 0 Å². The monoisotopic (exact) mass is 275 g/mol. The standard InChI is InChI=1S/C10H14ClN3O2S/c11-9-1-2-10(12-7-9)14-5-3-13(4-6-14)8-17(15)16/h1-2,7,17H,3-6,8H2. The lowest BCUT2D eigenvalue weighted by Crippen LogP contribution is -2.47. The number of hydrogen-bond acceptors (Lipinski definition) is 5. The summed E-state index contributed by atoms with van der Waals surface area (Å²) in [5.41, 5.74) is 0. The SMILES string of the molecule is O=[SH](=O)CN1CCN(c2ccc(Cl)cn2)CC1. The van der Waals surface area contributed by atoms with Gasteiger partial charge in [-0.2, -0.15) is 0 Å². The van der Waals surface area contributed by atoms with E-state index < -0.39 is 10.7 Å². The lowest BCUT2D eigenvalue weighted by atomic mass is 10.3. The molecule has 2 rings (SSSR count). The highest BCUT2D eigenvalue weighted by molar-refractivity contribution is 7.72. The maximum atomic E-state index is 10.6. The molecule has 1 aliphatic rings. The van der Waals surface area contributed by atoms with Crippen LogP contribution in [-0.4, -0.2) is 50.4 Å². The maximum Gasteiger partial charge on any atom is 0.153 e. The molecule has 17 heavy (non-hydrogen) atoms. The minimum Gasteiger partial charge on any atom is -0.354 e. The van der Waals surface area contributed by atoms with Crippen molar-refractivity contribution in [1.29, 1.82) is 0 Å². The van der Waals surface area contributed by atoms with Crippen LogP contribution in [0.2, 0.25) is 5.02 Å². The Hall–Kier alpha value is -0.850.